The first kappa shape index (κ1) is 22.0. The number of methoxy groups -OCH3 is 1. The van der Waals surface area contributed by atoms with Crippen LogP contribution in [0.2, 0.25) is 5.02 Å². The summed E-state index contributed by atoms with van der Waals surface area (Å²) in [6, 6.07) is 24.7. The van der Waals surface area contributed by atoms with Crippen molar-refractivity contribution in [3.63, 3.8) is 0 Å². The fourth-order valence-electron chi connectivity index (χ4n) is 3.59. The summed E-state index contributed by atoms with van der Waals surface area (Å²) in [5.41, 5.74) is 4.36. The number of halogens is 1. The van der Waals surface area contributed by atoms with Crippen LogP contribution in [0.4, 0.5) is 17.1 Å². The average Bonchev–Trinajstić information content (AvgIpc) is 3.42. The van der Waals surface area contributed by atoms with Crippen molar-refractivity contribution in [3.8, 4) is 11.4 Å². The molecular formula is C26H21ClN4O2S. The number of nitrogens with zero attached hydrogens (tertiary/aromatic N) is 2. The third-order valence-electron chi connectivity index (χ3n) is 5.36. The summed E-state index contributed by atoms with van der Waals surface area (Å²) in [7, 11) is 1.64. The number of amides is 1. The van der Waals surface area contributed by atoms with Gasteiger partial charge in [-0.2, -0.15) is 5.10 Å². The molecule has 0 aliphatic rings. The van der Waals surface area contributed by atoms with Crippen molar-refractivity contribution in [2.45, 2.75) is 6.92 Å². The number of hydrogen-bond acceptors (Lipinski definition) is 5. The first-order chi connectivity index (χ1) is 16.5. The number of rotatable bonds is 6. The van der Waals surface area contributed by atoms with E-state index in [0.29, 0.717) is 9.90 Å². The molecule has 5 aromatic rings. The number of benzene rings is 3. The summed E-state index contributed by atoms with van der Waals surface area (Å²) >= 11 is 7.43. The van der Waals surface area contributed by atoms with Crippen molar-refractivity contribution >= 4 is 56.1 Å². The van der Waals surface area contributed by atoms with E-state index in [2.05, 4.69) is 15.7 Å². The molecule has 1 amide bonds. The summed E-state index contributed by atoms with van der Waals surface area (Å²) in [6.07, 6.45) is 0. The fraction of sp³-hybridized carbons (Fsp3) is 0.0769. The number of thiophene rings is 1. The lowest BCUT2D eigenvalue weighted by atomic mass is 10.2. The Balaban J connectivity index is 1.31. The highest BCUT2D eigenvalue weighted by Gasteiger charge is 2.17. The molecule has 6 nitrogen and oxygen atoms in total. The maximum absolute atomic E-state index is 12.9. The van der Waals surface area contributed by atoms with Gasteiger partial charge in [0.25, 0.3) is 5.91 Å². The lowest BCUT2D eigenvalue weighted by molar-refractivity contribution is 0.103. The molecule has 2 N–H and O–H groups in total. The van der Waals surface area contributed by atoms with E-state index >= 15 is 0 Å². The van der Waals surface area contributed by atoms with E-state index in [1.54, 1.807) is 7.11 Å². The van der Waals surface area contributed by atoms with Gasteiger partial charge in [-0.1, -0.05) is 11.6 Å². The van der Waals surface area contributed by atoms with Gasteiger partial charge in [0, 0.05) is 27.5 Å². The normalized spacial score (nSPS) is 10.9. The summed E-state index contributed by atoms with van der Waals surface area (Å²) < 4.78 is 7.03. The summed E-state index contributed by atoms with van der Waals surface area (Å²) in [4.78, 5) is 14.5. The number of anilines is 3. The lowest BCUT2D eigenvalue weighted by Crippen LogP contribution is -2.10. The van der Waals surface area contributed by atoms with Gasteiger partial charge in [-0.25, -0.2) is 4.68 Å². The van der Waals surface area contributed by atoms with Gasteiger partial charge in [-0.3, -0.25) is 4.79 Å². The van der Waals surface area contributed by atoms with E-state index in [4.69, 9.17) is 16.3 Å². The van der Waals surface area contributed by atoms with Crippen LogP contribution in [-0.2, 0) is 0 Å². The second-order valence-corrected chi connectivity index (χ2v) is 9.16. The number of nitrogens with one attached hydrogen (secondary N) is 2. The molecule has 0 unspecified atom stereocenters. The fourth-order valence-corrected chi connectivity index (χ4v) is 4.79. The third kappa shape index (κ3) is 4.48. The monoisotopic (exact) mass is 488 g/mol. The number of ether oxygens (including phenoxy) is 1. The maximum atomic E-state index is 12.9. The topological polar surface area (TPSA) is 68.2 Å². The Labute approximate surface area is 205 Å². The molecular weight excluding hydrogens is 468 g/mol. The molecule has 0 bridgehead atoms. The molecule has 170 valence electrons. The Morgan fingerprint density at radius 1 is 0.941 bits per heavy atom. The standard InChI is InChI=1S/C26H21ClN4O2S/c1-16-23-15-24(34-26(23)31(30-16)21-11-3-17(27)4-12-21)25(32)29-20-7-5-18(6-8-20)28-19-9-13-22(33-2)14-10-19/h3-15,28H,1-2H3,(H,29,32). The van der Waals surface area contributed by atoms with Crippen LogP contribution >= 0.6 is 22.9 Å². The first-order valence-corrected chi connectivity index (χ1v) is 11.8. The summed E-state index contributed by atoms with van der Waals surface area (Å²) in [6.45, 7) is 1.94. The van der Waals surface area contributed by atoms with Crippen molar-refractivity contribution in [1.82, 2.24) is 9.78 Å². The molecule has 0 aliphatic carbocycles. The molecule has 0 fully saturated rings. The van der Waals surface area contributed by atoms with Gasteiger partial charge >= 0.3 is 0 Å². The van der Waals surface area contributed by atoms with E-state index in [0.717, 1.165) is 44.4 Å². The molecule has 8 heteroatoms. The van der Waals surface area contributed by atoms with Gasteiger partial charge in [-0.15, -0.1) is 11.3 Å². The molecule has 0 saturated heterocycles. The highest BCUT2D eigenvalue weighted by Crippen LogP contribution is 2.31. The number of aryl methyl sites for hydroxylation is 1. The van der Waals surface area contributed by atoms with Crippen LogP contribution in [0.5, 0.6) is 5.75 Å². The van der Waals surface area contributed by atoms with Crippen molar-refractivity contribution in [2.24, 2.45) is 0 Å². The molecule has 2 aromatic heterocycles. The van der Waals surface area contributed by atoms with Crippen LogP contribution in [0.25, 0.3) is 15.9 Å². The molecule has 34 heavy (non-hydrogen) atoms. The number of fused-ring (bicyclic) bond motifs is 1. The minimum Gasteiger partial charge on any atom is -0.497 e. The second kappa shape index (κ2) is 9.21. The van der Waals surface area contributed by atoms with E-state index in [-0.39, 0.29) is 5.91 Å². The molecule has 0 aliphatic heterocycles. The minimum atomic E-state index is -0.154. The highest BCUT2D eigenvalue weighted by molar-refractivity contribution is 7.20. The third-order valence-corrected chi connectivity index (χ3v) is 6.72. The van der Waals surface area contributed by atoms with Crippen molar-refractivity contribution in [1.29, 1.82) is 0 Å². The SMILES string of the molecule is COc1ccc(Nc2ccc(NC(=O)c3cc4c(C)nn(-c5ccc(Cl)cc5)c4s3)cc2)cc1. The van der Waals surface area contributed by atoms with Crippen LogP contribution in [0.15, 0.2) is 78.9 Å². The molecule has 0 saturated carbocycles. The van der Waals surface area contributed by atoms with Gasteiger partial charge in [0.2, 0.25) is 0 Å². The van der Waals surface area contributed by atoms with Crippen LogP contribution in [0.1, 0.15) is 15.4 Å². The second-order valence-electron chi connectivity index (χ2n) is 7.69. The van der Waals surface area contributed by atoms with Crippen LogP contribution in [0.3, 0.4) is 0 Å². The molecule has 5 rings (SSSR count). The quantitative estimate of drug-likeness (QED) is 0.268. The van der Waals surface area contributed by atoms with Gasteiger partial charge in [0.05, 0.1) is 23.4 Å². The zero-order chi connectivity index (χ0) is 23.7. The Kier molecular flexibility index (Phi) is 5.96. The molecule has 0 spiro atoms. The van der Waals surface area contributed by atoms with E-state index in [1.165, 1.54) is 11.3 Å². The van der Waals surface area contributed by atoms with Crippen molar-refractivity contribution in [2.75, 3.05) is 17.7 Å². The smallest absolute Gasteiger partial charge is 0.265 e. The van der Waals surface area contributed by atoms with Gasteiger partial charge in [0.15, 0.2) is 0 Å². The van der Waals surface area contributed by atoms with Crippen LogP contribution < -0.4 is 15.4 Å². The van der Waals surface area contributed by atoms with Crippen molar-refractivity contribution in [3.05, 3.63) is 94.5 Å². The van der Waals surface area contributed by atoms with E-state index in [9.17, 15) is 4.79 Å². The van der Waals surface area contributed by atoms with Crippen LogP contribution in [-0.4, -0.2) is 22.8 Å². The zero-order valence-electron chi connectivity index (χ0n) is 18.5. The highest BCUT2D eigenvalue weighted by atomic mass is 35.5. The van der Waals surface area contributed by atoms with Gasteiger partial charge < -0.3 is 15.4 Å². The first-order valence-electron chi connectivity index (χ1n) is 10.6. The zero-order valence-corrected chi connectivity index (χ0v) is 20.1. The number of carbonyl (C=O) groups excluding carboxylic acids is 1. The molecule has 0 atom stereocenters. The molecule has 3 aromatic carbocycles. The predicted molar refractivity (Wildman–Crippen MR) is 139 cm³/mol. The van der Waals surface area contributed by atoms with E-state index < -0.39 is 0 Å². The van der Waals surface area contributed by atoms with E-state index in [1.807, 2.05) is 90.5 Å². The number of carbonyl (C=O) groups is 1. The Morgan fingerprint density at radius 2 is 1.56 bits per heavy atom. The van der Waals surface area contributed by atoms with Gasteiger partial charge in [-0.05, 0) is 85.8 Å². The minimum absolute atomic E-state index is 0.154. The number of aromatic nitrogens is 2. The number of hydrogen-bond donors (Lipinski definition) is 2. The summed E-state index contributed by atoms with van der Waals surface area (Å²) in [5, 5.41) is 12.6. The molecule has 2 heterocycles. The molecule has 0 radical (unpaired) electrons. The maximum Gasteiger partial charge on any atom is 0.265 e. The Bertz CT molecular complexity index is 1460. The predicted octanol–water partition coefficient (Wildman–Crippen LogP) is 7.05. The van der Waals surface area contributed by atoms with Gasteiger partial charge in [0.1, 0.15) is 10.6 Å². The lowest BCUT2D eigenvalue weighted by Gasteiger charge is -2.09. The van der Waals surface area contributed by atoms with Crippen molar-refractivity contribution < 1.29 is 9.53 Å². The largest absolute Gasteiger partial charge is 0.497 e. The van der Waals surface area contributed by atoms with Crippen LogP contribution in [0, 0.1) is 6.92 Å². The Hall–Kier alpha value is -3.81. The summed E-state index contributed by atoms with van der Waals surface area (Å²) in [5.74, 6) is 0.653. The Morgan fingerprint density at radius 3 is 2.21 bits per heavy atom. The average molecular weight is 489 g/mol.